The van der Waals surface area contributed by atoms with Gasteiger partial charge in [0.2, 0.25) is 0 Å². The third-order valence-corrected chi connectivity index (χ3v) is 3.17. The number of hydrogen-bond donors (Lipinski definition) is 2. The van der Waals surface area contributed by atoms with Gasteiger partial charge >= 0.3 is 5.97 Å². The normalized spacial score (nSPS) is 9.42. The molecule has 0 bridgehead atoms. The number of rotatable bonds is 6. The van der Waals surface area contributed by atoms with Gasteiger partial charge in [-0.1, -0.05) is 61.9 Å². The van der Waals surface area contributed by atoms with Crippen LogP contribution in [0, 0.1) is 0 Å². The van der Waals surface area contributed by atoms with Gasteiger partial charge in [-0.3, -0.25) is 4.79 Å². The van der Waals surface area contributed by atoms with Crippen LogP contribution in [0.4, 0.5) is 0 Å². The van der Waals surface area contributed by atoms with Gasteiger partial charge in [0.05, 0.1) is 0 Å². The van der Waals surface area contributed by atoms with Crippen LogP contribution in [0.1, 0.15) is 42.1 Å². The van der Waals surface area contributed by atoms with Crippen LogP contribution in [0.3, 0.4) is 0 Å². The minimum atomic E-state index is -0.549. The van der Waals surface area contributed by atoms with E-state index >= 15 is 0 Å². The van der Waals surface area contributed by atoms with Crippen LogP contribution < -0.4 is 5.32 Å². The van der Waals surface area contributed by atoms with E-state index in [1.54, 1.807) is 12.1 Å². The molecule has 2 rings (SSSR count). The van der Waals surface area contributed by atoms with Gasteiger partial charge in [0.15, 0.2) is 0 Å². The van der Waals surface area contributed by atoms with Crippen LogP contribution in [0.15, 0.2) is 60.7 Å². The van der Waals surface area contributed by atoms with Crippen LogP contribution in [-0.4, -0.2) is 17.1 Å². The van der Waals surface area contributed by atoms with Crippen molar-refractivity contribution < 1.29 is 19.7 Å². The van der Waals surface area contributed by atoms with Gasteiger partial charge in [0.1, 0.15) is 0 Å². The number of amides is 1. The van der Waals surface area contributed by atoms with Gasteiger partial charge in [0, 0.05) is 18.5 Å². The second-order valence-electron chi connectivity index (χ2n) is 5.10. The molecule has 0 saturated carbocycles. The summed E-state index contributed by atoms with van der Waals surface area (Å²) in [4.78, 5) is 25.2. The Hall–Kier alpha value is -2.66. The SMILES string of the molecule is CCCCC(=O)OO.O=C(NCc1ccccc1)c1ccccc1. The average Bonchev–Trinajstić information content (AvgIpc) is 2.66. The highest BCUT2D eigenvalue weighted by Crippen LogP contribution is 2.01. The van der Waals surface area contributed by atoms with E-state index in [-0.39, 0.29) is 5.91 Å². The number of nitrogens with one attached hydrogen (secondary N) is 1. The average molecular weight is 329 g/mol. The lowest BCUT2D eigenvalue weighted by atomic mass is 10.2. The molecule has 2 N–H and O–H groups in total. The molecule has 5 heteroatoms. The summed E-state index contributed by atoms with van der Waals surface area (Å²) in [6, 6.07) is 19.1. The van der Waals surface area contributed by atoms with Crippen LogP contribution in [0.25, 0.3) is 0 Å². The second kappa shape index (κ2) is 11.8. The fourth-order valence-corrected chi connectivity index (χ4v) is 1.84. The Balaban J connectivity index is 0.000000307. The van der Waals surface area contributed by atoms with Crippen LogP contribution in [0.2, 0.25) is 0 Å². The molecule has 0 saturated heterocycles. The molecule has 1 amide bonds. The molecule has 0 aliphatic carbocycles. The fourth-order valence-electron chi connectivity index (χ4n) is 1.84. The monoisotopic (exact) mass is 329 g/mol. The largest absolute Gasteiger partial charge is 0.348 e. The van der Waals surface area contributed by atoms with Gasteiger partial charge in [0.25, 0.3) is 5.91 Å². The third kappa shape index (κ3) is 8.10. The van der Waals surface area contributed by atoms with Gasteiger partial charge in [-0.05, 0) is 24.1 Å². The highest BCUT2D eigenvalue weighted by atomic mass is 17.1. The van der Waals surface area contributed by atoms with Crippen molar-refractivity contribution in [2.24, 2.45) is 0 Å². The molecule has 0 radical (unpaired) electrons. The van der Waals surface area contributed by atoms with E-state index in [2.05, 4.69) is 10.2 Å². The summed E-state index contributed by atoms with van der Waals surface area (Å²) in [5.74, 6) is -0.587. The van der Waals surface area contributed by atoms with Crippen LogP contribution in [0.5, 0.6) is 0 Å². The molecule has 24 heavy (non-hydrogen) atoms. The number of benzene rings is 2. The topological polar surface area (TPSA) is 75.6 Å². The first-order valence-corrected chi connectivity index (χ1v) is 7.88. The fraction of sp³-hybridized carbons (Fsp3) is 0.263. The molecule has 0 unspecified atom stereocenters. The molecule has 0 spiro atoms. The minimum absolute atomic E-state index is 0.0375. The number of unbranched alkanes of at least 4 members (excludes halogenated alkanes) is 1. The number of carbonyl (C=O) groups is 2. The number of hydrogen-bond acceptors (Lipinski definition) is 4. The first-order chi connectivity index (χ1) is 11.7. The lowest BCUT2D eigenvalue weighted by Gasteiger charge is -2.04. The van der Waals surface area contributed by atoms with Gasteiger partial charge < -0.3 is 10.2 Å². The highest BCUT2D eigenvalue weighted by Gasteiger charge is 2.02. The zero-order valence-electron chi connectivity index (χ0n) is 13.8. The van der Waals surface area contributed by atoms with Crippen molar-refractivity contribution in [1.29, 1.82) is 0 Å². The van der Waals surface area contributed by atoms with Crippen molar-refractivity contribution in [1.82, 2.24) is 5.32 Å². The van der Waals surface area contributed by atoms with Gasteiger partial charge in [-0.2, -0.15) is 5.26 Å². The molecule has 0 atom stereocenters. The maximum atomic E-state index is 11.7. The molecule has 5 nitrogen and oxygen atoms in total. The molecule has 2 aromatic rings. The summed E-state index contributed by atoms with van der Waals surface area (Å²) in [5, 5.41) is 10.6. The van der Waals surface area contributed by atoms with Crippen molar-refractivity contribution in [3.05, 3.63) is 71.8 Å². The Morgan fingerprint density at radius 1 is 1.00 bits per heavy atom. The summed E-state index contributed by atoms with van der Waals surface area (Å²) >= 11 is 0. The van der Waals surface area contributed by atoms with E-state index in [1.165, 1.54) is 0 Å². The van der Waals surface area contributed by atoms with Crippen molar-refractivity contribution in [3.8, 4) is 0 Å². The molecule has 0 aliphatic heterocycles. The standard InChI is InChI=1S/C14H13NO.C5H10O3/c16-14(13-9-5-2-6-10-13)15-11-12-7-3-1-4-8-12;1-2-3-4-5(6)8-7/h1-10H,11H2,(H,15,16);7H,2-4H2,1H3. The zero-order valence-corrected chi connectivity index (χ0v) is 13.8. The maximum Gasteiger partial charge on any atom is 0.342 e. The molecule has 128 valence electrons. The Labute approximate surface area is 142 Å². The Morgan fingerprint density at radius 3 is 2.12 bits per heavy atom. The van der Waals surface area contributed by atoms with Crippen LogP contribution in [-0.2, 0) is 16.2 Å². The van der Waals surface area contributed by atoms with E-state index < -0.39 is 5.97 Å². The first kappa shape index (κ1) is 19.4. The molecule has 0 aliphatic rings. The molecule has 0 fully saturated rings. The third-order valence-electron chi connectivity index (χ3n) is 3.17. The van der Waals surface area contributed by atoms with Crippen molar-refractivity contribution in [3.63, 3.8) is 0 Å². The summed E-state index contributed by atoms with van der Waals surface area (Å²) < 4.78 is 0. The van der Waals surface area contributed by atoms with E-state index in [1.807, 2.05) is 55.5 Å². The zero-order chi connectivity index (χ0) is 17.6. The van der Waals surface area contributed by atoms with Gasteiger partial charge in [-0.15, -0.1) is 0 Å². The van der Waals surface area contributed by atoms with E-state index in [4.69, 9.17) is 5.26 Å². The van der Waals surface area contributed by atoms with Crippen molar-refractivity contribution >= 4 is 11.9 Å². The van der Waals surface area contributed by atoms with Crippen LogP contribution >= 0.6 is 0 Å². The van der Waals surface area contributed by atoms with E-state index in [0.29, 0.717) is 18.5 Å². The lowest BCUT2D eigenvalue weighted by molar-refractivity contribution is -0.234. The summed E-state index contributed by atoms with van der Waals surface area (Å²) in [7, 11) is 0. The number of carbonyl (C=O) groups excluding carboxylic acids is 2. The Morgan fingerprint density at radius 2 is 1.58 bits per heavy atom. The molecule has 0 aromatic heterocycles. The van der Waals surface area contributed by atoms with Gasteiger partial charge in [-0.25, -0.2) is 4.79 Å². The van der Waals surface area contributed by atoms with E-state index in [9.17, 15) is 9.59 Å². The summed E-state index contributed by atoms with van der Waals surface area (Å²) in [6.07, 6.45) is 2.03. The molecule has 2 aromatic carbocycles. The Bertz CT molecular complexity index is 599. The Kier molecular flexibility index (Phi) is 9.57. The predicted molar refractivity (Wildman–Crippen MR) is 92.3 cm³/mol. The van der Waals surface area contributed by atoms with Crippen molar-refractivity contribution in [2.45, 2.75) is 32.7 Å². The molecular formula is C19H23NO4. The first-order valence-electron chi connectivity index (χ1n) is 7.88. The van der Waals surface area contributed by atoms with Crippen molar-refractivity contribution in [2.75, 3.05) is 0 Å². The van der Waals surface area contributed by atoms with E-state index in [0.717, 1.165) is 18.4 Å². The minimum Gasteiger partial charge on any atom is -0.348 e. The molecule has 0 heterocycles. The quantitative estimate of drug-likeness (QED) is 0.624. The highest BCUT2D eigenvalue weighted by molar-refractivity contribution is 5.94. The second-order valence-corrected chi connectivity index (χ2v) is 5.10. The lowest BCUT2D eigenvalue weighted by Crippen LogP contribution is -2.22. The predicted octanol–water partition coefficient (Wildman–Crippen LogP) is 3.81. The molecular weight excluding hydrogens is 306 g/mol. The summed E-state index contributed by atoms with van der Waals surface area (Å²) in [6.45, 7) is 2.53. The maximum absolute atomic E-state index is 11.7. The summed E-state index contributed by atoms with van der Waals surface area (Å²) in [5.41, 5.74) is 1.80. The smallest absolute Gasteiger partial charge is 0.342 e.